The first-order valence-corrected chi connectivity index (χ1v) is 7.22. The third-order valence-corrected chi connectivity index (χ3v) is 4.39. The zero-order valence-electron chi connectivity index (χ0n) is 12.3. The number of ether oxygens (including phenoxy) is 1. The molecule has 0 saturated heterocycles. The number of methoxy groups -OCH3 is 1. The molecule has 19 heavy (non-hydrogen) atoms. The van der Waals surface area contributed by atoms with Crippen molar-refractivity contribution in [3.05, 3.63) is 23.8 Å². The molecule has 1 aromatic carbocycles. The molecule has 0 aliphatic heterocycles. The molecule has 0 unspecified atom stereocenters. The lowest BCUT2D eigenvalue weighted by Crippen LogP contribution is -2.43. The van der Waals surface area contributed by atoms with Gasteiger partial charge in [0.05, 0.1) is 12.8 Å². The molecule has 3 N–H and O–H groups in total. The largest absolute Gasteiger partial charge is 0.495 e. The SMILES string of the molecule is COc1ccc(C(C)C)cc1NCC1(CN)CCC1. The van der Waals surface area contributed by atoms with Gasteiger partial charge in [-0.15, -0.1) is 0 Å². The van der Waals surface area contributed by atoms with Crippen molar-refractivity contribution in [2.24, 2.45) is 11.1 Å². The fourth-order valence-electron chi connectivity index (χ4n) is 2.64. The summed E-state index contributed by atoms with van der Waals surface area (Å²) in [5.74, 6) is 1.44. The van der Waals surface area contributed by atoms with Crippen LogP contribution in [-0.4, -0.2) is 20.2 Å². The molecule has 0 atom stereocenters. The molecule has 0 spiro atoms. The molecule has 1 fully saturated rings. The summed E-state index contributed by atoms with van der Waals surface area (Å²) >= 11 is 0. The van der Waals surface area contributed by atoms with Gasteiger partial charge in [-0.3, -0.25) is 0 Å². The Morgan fingerprint density at radius 3 is 2.58 bits per heavy atom. The molecule has 0 amide bonds. The van der Waals surface area contributed by atoms with E-state index < -0.39 is 0 Å². The van der Waals surface area contributed by atoms with Gasteiger partial charge in [0.2, 0.25) is 0 Å². The lowest BCUT2D eigenvalue weighted by molar-refractivity contribution is 0.163. The van der Waals surface area contributed by atoms with E-state index in [0.29, 0.717) is 11.3 Å². The Morgan fingerprint density at radius 1 is 1.37 bits per heavy atom. The van der Waals surface area contributed by atoms with E-state index in [0.717, 1.165) is 24.5 Å². The highest BCUT2D eigenvalue weighted by Gasteiger charge is 2.35. The first-order chi connectivity index (χ1) is 9.10. The van der Waals surface area contributed by atoms with Gasteiger partial charge in [0.25, 0.3) is 0 Å². The van der Waals surface area contributed by atoms with Crippen molar-refractivity contribution in [1.82, 2.24) is 0 Å². The standard InChI is InChI=1S/C16H26N2O/c1-12(2)13-5-6-15(19-3)14(9-13)18-11-16(10-17)7-4-8-16/h5-6,9,12,18H,4,7-8,10-11,17H2,1-3H3. The topological polar surface area (TPSA) is 47.3 Å². The van der Waals surface area contributed by atoms with Gasteiger partial charge >= 0.3 is 0 Å². The smallest absolute Gasteiger partial charge is 0.141 e. The van der Waals surface area contributed by atoms with Gasteiger partial charge in [-0.25, -0.2) is 0 Å². The van der Waals surface area contributed by atoms with Crippen LogP contribution in [0.3, 0.4) is 0 Å². The summed E-state index contributed by atoms with van der Waals surface area (Å²) in [5, 5.41) is 3.55. The maximum Gasteiger partial charge on any atom is 0.141 e. The second kappa shape index (κ2) is 5.83. The van der Waals surface area contributed by atoms with E-state index >= 15 is 0 Å². The Morgan fingerprint density at radius 2 is 2.11 bits per heavy atom. The van der Waals surface area contributed by atoms with Gasteiger partial charge in [-0.1, -0.05) is 26.3 Å². The molecule has 0 radical (unpaired) electrons. The lowest BCUT2D eigenvalue weighted by atomic mass is 9.69. The molecule has 0 aromatic heterocycles. The van der Waals surface area contributed by atoms with Gasteiger partial charge in [-0.2, -0.15) is 0 Å². The van der Waals surface area contributed by atoms with E-state index in [1.54, 1.807) is 7.11 Å². The zero-order valence-corrected chi connectivity index (χ0v) is 12.3. The minimum Gasteiger partial charge on any atom is -0.495 e. The van der Waals surface area contributed by atoms with Crippen molar-refractivity contribution >= 4 is 5.69 Å². The fourth-order valence-corrected chi connectivity index (χ4v) is 2.64. The number of rotatable bonds is 6. The number of anilines is 1. The molecule has 1 saturated carbocycles. The number of hydrogen-bond donors (Lipinski definition) is 2. The van der Waals surface area contributed by atoms with Crippen LogP contribution in [0.25, 0.3) is 0 Å². The van der Waals surface area contributed by atoms with Crippen LogP contribution in [0.5, 0.6) is 5.75 Å². The summed E-state index contributed by atoms with van der Waals surface area (Å²) in [6, 6.07) is 6.39. The van der Waals surface area contributed by atoms with Crippen LogP contribution in [-0.2, 0) is 0 Å². The molecule has 3 heteroatoms. The number of nitrogens with one attached hydrogen (secondary N) is 1. The summed E-state index contributed by atoms with van der Waals surface area (Å²) in [4.78, 5) is 0. The highest BCUT2D eigenvalue weighted by molar-refractivity contribution is 5.58. The van der Waals surface area contributed by atoms with E-state index in [9.17, 15) is 0 Å². The first-order valence-electron chi connectivity index (χ1n) is 7.22. The summed E-state index contributed by atoms with van der Waals surface area (Å²) in [6.07, 6.45) is 3.79. The minimum absolute atomic E-state index is 0.304. The van der Waals surface area contributed by atoms with E-state index in [2.05, 4.69) is 31.3 Å². The molecular formula is C16H26N2O. The predicted molar refractivity (Wildman–Crippen MR) is 80.9 cm³/mol. The number of benzene rings is 1. The van der Waals surface area contributed by atoms with Crippen LogP contribution < -0.4 is 15.8 Å². The Kier molecular flexibility index (Phi) is 4.35. The second-order valence-electron chi connectivity index (χ2n) is 6.03. The zero-order chi connectivity index (χ0) is 13.9. The Labute approximate surface area is 116 Å². The summed E-state index contributed by atoms with van der Waals surface area (Å²) in [5.41, 5.74) is 8.64. The molecular weight excluding hydrogens is 236 g/mol. The second-order valence-corrected chi connectivity index (χ2v) is 6.03. The van der Waals surface area contributed by atoms with E-state index in [1.165, 1.54) is 24.8 Å². The maximum absolute atomic E-state index is 5.91. The molecule has 106 valence electrons. The predicted octanol–water partition coefficient (Wildman–Crippen LogP) is 3.36. The lowest BCUT2D eigenvalue weighted by Gasteiger charge is -2.41. The van der Waals surface area contributed by atoms with Crippen molar-refractivity contribution in [3.63, 3.8) is 0 Å². The molecule has 0 heterocycles. The molecule has 2 rings (SSSR count). The molecule has 1 aromatic rings. The molecule has 0 bridgehead atoms. The van der Waals surface area contributed by atoms with E-state index in [-0.39, 0.29) is 0 Å². The summed E-state index contributed by atoms with van der Waals surface area (Å²) in [7, 11) is 1.72. The van der Waals surface area contributed by atoms with Gasteiger partial charge in [0.15, 0.2) is 0 Å². The van der Waals surface area contributed by atoms with Crippen LogP contribution in [0.15, 0.2) is 18.2 Å². The summed E-state index contributed by atoms with van der Waals surface area (Å²) in [6.45, 7) is 6.13. The molecule has 1 aliphatic rings. The van der Waals surface area contributed by atoms with Crippen LogP contribution >= 0.6 is 0 Å². The van der Waals surface area contributed by atoms with Crippen molar-refractivity contribution in [3.8, 4) is 5.75 Å². The Bertz CT molecular complexity index is 419. The van der Waals surface area contributed by atoms with Crippen LogP contribution in [0.2, 0.25) is 0 Å². The minimum atomic E-state index is 0.304. The molecule has 1 aliphatic carbocycles. The monoisotopic (exact) mass is 262 g/mol. The fraction of sp³-hybridized carbons (Fsp3) is 0.625. The van der Waals surface area contributed by atoms with Crippen molar-refractivity contribution < 1.29 is 4.74 Å². The molecule has 3 nitrogen and oxygen atoms in total. The van der Waals surface area contributed by atoms with Gasteiger partial charge in [0, 0.05) is 6.54 Å². The van der Waals surface area contributed by atoms with Crippen LogP contribution in [0.4, 0.5) is 5.69 Å². The van der Waals surface area contributed by atoms with Crippen LogP contribution in [0.1, 0.15) is 44.6 Å². The Hall–Kier alpha value is -1.22. The average molecular weight is 262 g/mol. The maximum atomic E-state index is 5.91. The highest BCUT2D eigenvalue weighted by Crippen LogP contribution is 2.40. The number of nitrogens with two attached hydrogens (primary N) is 1. The third kappa shape index (κ3) is 3.03. The summed E-state index contributed by atoms with van der Waals surface area (Å²) < 4.78 is 5.44. The van der Waals surface area contributed by atoms with Gasteiger partial charge < -0.3 is 15.8 Å². The van der Waals surface area contributed by atoms with Crippen molar-refractivity contribution in [2.45, 2.75) is 39.0 Å². The average Bonchev–Trinajstić information content (AvgIpc) is 2.37. The Balaban J connectivity index is 2.11. The van der Waals surface area contributed by atoms with Crippen LogP contribution in [0, 0.1) is 5.41 Å². The van der Waals surface area contributed by atoms with E-state index in [1.807, 2.05) is 6.07 Å². The van der Waals surface area contributed by atoms with Crippen molar-refractivity contribution in [1.29, 1.82) is 0 Å². The quantitative estimate of drug-likeness (QED) is 0.826. The normalized spacial score (nSPS) is 17.1. The highest BCUT2D eigenvalue weighted by atomic mass is 16.5. The van der Waals surface area contributed by atoms with Gasteiger partial charge in [0.1, 0.15) is 5.75 Å². The third-order valence-electron chi connectivity index (χ3n) is 4.39. The first kappa shape index (κ1) is 14.2. The van der Waals surface area contributed by atoms with Gasteiger partial charge in [-0.05, 0) is 48.4 Å². The number of hydrogen-bond acceptors (Lipinski definition) is 3. The van der Waals surface area contributed by atoms with Crippen molar-refractivity contribution in [2.75, 3.05) is 25.5 Å². The van der Waals surface area contributed by atoms with E-state index in [4.69, 9.17) is 10.5 Å².